The van der Waals surface area contributed by atoms with E-state index in [0.717, 1.165) is 18.2 Å². The lowest BCUT2D eigenvalue weighted by Crippen LogP contribution is -2.45. The molecule has 122 valence electrons. The monoisotopic (exact) mass is 343 g/mol. The molecule has 0 heterocycles. The van der Waals surface area contributed by atoms with Crippen LogP contribution in [0.3, 0.4) is 0 Å². The molecule has 0 saturated carbocycles. The summed E-state index contributed by atoms with van der Waals surface area (Å²) in [6, 6.07) is 0.913. The van der Waals surface area contributed by atoms with Crippen molar-refractivity contribution in [3.05, 3.63) is 29.0 Å². The zero-order valence-electron chi connectivity index (χ0n) is 10.8. The predicted octanol–water partition coefficient (Wildman–Crippen LogP) is 2.38. The van der Waals surface area contributed by atoms with Gasteiger partial charge in [0.05, 0.1) is 11.4 Å². The van der Waals surface area contributed by atoms with Gasteiger partial charge >= 0.3 is 12.1 Å². The molecule has 0 aliphatic rings. The quantitative estimate of drug-likeness (QED) is 0.778. The molecule has 0 aliphatic heterocycles. The van der Waals surface area contributed by atoms with E-state index in [4.69, 9.17) is 21.4 Å². The second-order valence-electron chi connectivity index (χ2n) is 4.14. The van der Waals surface area contributed by atoms with Crippen LogP contribution in [0, 0.1) is 5.82 Å². The van der Waals surface area contributed by atoms with Crippen LogP contribution in [0.4, 0.5) is 17.6 Å². The van der Waals surface area contributed by atoms with Gasteiger partial charge < -0.3 is 15.2 Å². The van der Waals surface area contributed by atoms with Crippen LogP contribution in [0.15, 0.2) is 18.2 Å². The summed E-state index contributed by atoms with van der Waals surface area (Å²) in [5.41, 5.74) is 0. The van der Waals surface area contributed by atoms with E-state index in [1.165, 1.54) is 0 Å². The molecule has 10 heteroatoms. The summed E-state index contributed by atoms with van der Waals surface area (Å²) in [6.45, 7) is -0.771. The van der Waals surface area contributed by atoms with Gasteiger partial charge in [-0.05, 0) is 18.2 Å². The second kappa shape index (κ2) is 7.30. The van der Waals surface area contributed by atoms with Gasteiger partial charge in [-0.2, -0.15) is 13.2 Å². The van der Waals surface area contributed by atoms with Gasteiger partial charge in [0.15, 0.2) is 6.61 Å². The van der Waals surface area contributed by atoms with Gasteiger partial charge in [0.2, 0.25) is 0 Å². The zero-order chi connectivity index (χ0) is 16.9. The fourth-order valence-corrected chi connectivity index (χ4v) is 1.62. The van der Waals surface area contributed by atoms with Crippen LogP contribution in [-0.2, 0) is 9.59 Å². The molecule has 0 saturated heterocycles. The maximum atomic E-state index is 12.8. The van der Waals surface area contributed by atoms with Crippen molar-refractivity contribution in [1.29, 1.82) is 0 Å². The van der Waals surface area contributed by atoms with Crippen LogP contribution >= 0.6 is 11.6 Å². The molecule has 0 fully saturated rings. The third-order valence-corrected chi connectivity index (χ3v) is 2.62. The number of halogens is 5. The third kappa shape index (κ3) is 6.17. The summed E-state index contributed by atoms with van der Waals surface area (Å²) >= 11 is 5.62. The topological polar surface area (TPSA) is 75.6 Å². The van der Waals surface area contributed by atoms with Crippen LogP contribution in [-0.4, -0.2) is 35.8 Å². The van der Waals surface area contributed by atoms with E-state index in [0.29, 0.717) is 0 Å². The number of nitrogens with one attached hydrogen (secondary N) is 1. The number of rotatable bonds is 6. The highest BCUT2D eigenvalue weighted by Gasteiger charge is 2.36. The van der Waals surface area contributed by atoms with Crippen LogP contribution < -0.4 is 10.1 Å². The minimum absolute atomic E-state index is 0.0686. The lowest BCUT2D eigenvalue weighted by molar-refractivity contribution is -0.160. The molecule has 1 atom stereocenters. The number of carbonyl (C=O) groups excluding carboxylic acids is 1. The number of ether oxygens (including phenoxy) is 1. The van der Waals surface area contributed by atoms with Crippen molar-refractivity contribution in [3.63, 3.8) is 0 Å². The highest BCUT2D eigenvalue weighted by atomic mass is 35.5. The molecule has 0 aliphatic carbocycles. The SMILES string of the molecule is O=C(COc1ccc(F)cc1Cl)NC(CC(F)(F)F)C(=O)O. The number of hydrogen-bond donors (Lipinski definition) is 2. The number of aliphatic carboxylic acids is 1. The summed E-state index contributed by atoms with van der Waals surface area (Å²) in [6.07, 6.45) is -6.47. The minimum atomic E-state index is -4.75. The van der Waals surface area contributed by atoms with Gasteiger partial charge in [-0.1, -0.05) is 11.6 Å². The number of carboxylic acid groups (broad SMARTS) is 1. The molecule has 1 amide bonds. The molecular weight excluding hydrogens is 334 g/mol. The van der Waals surface area contributed by atoms with E-state index in [9.17, 15) is 27.2 Å². The maximum absolute atomic E-state index is 12.8. The van der Waals surface area contributed by atoms with Gasteiger partial charge in [-0.3, -0.25) is 4.79 Å². The van der Waals surface area contributed by atoms with Crippen molar-refractivity contribution < 1.29 is 37.0 Å². The maximum Gasteiger partial charge on any atom is 0.391 e. The summed E-state index contributed by atoms with van der Waals surface area (Å²) in [5.74, 6) is -3.62. The molecule has 2 N–H and O–H groups in total. The molecule has 5 nitrogen and oxygen atoms in total. The van der Waals surface area contributed by atoms with E-state index in [1.807, 2.05) is 0 Å². The van der Waals surface area contributed by atoms with Crippen molar-refractivity contribution >= 4 is 23.5 Å². The average Bonchev–Trinajstić information content (AvgIpc) is 2.35. The van der Waals surface area contributed by atoms with Crippen molar-refractivity contribution in [2.75, 3.05) is 6.61 Å². The first-order valence-electron chi connectivity index (χ1n) is 5.75. The third-order valence-electron chi connectivity index (χ3n) is 2.32. The predicted molar refractivity (Wildman–Crippen MR) is 67.1 cm³/mol. The number of carbonyl (C=O) groups is 2. The molecular formula is C12H10ClF4NO4. The highest BCUT2D eigenvalue weighted by Crippen LogP contribution is 2.25. The number of alkyl halides is 3. The Morgan fingerprint density at radius 1 is 1.36 bits per heavy atom. The summed E-state index contributed by atoms with van der Waals surface area (Å²) < 4.78 is 54.1. The van der Waals surface area contributed by atoms with Gasteiger partial charge in [0.1, 0.15) is 17.6 Å². The Morgan fingerprint density at radius 3 is 2.50 bits per heavy atom. The summed E-state index contributed by atoms with van der Waals surface area (Å²) in [5, 5.41) is 10.2. The zero-order valence-corrected chi connectivity index (χ0v) is 11.5. The van der Waals surface area contributed by atoms with E-state index in [1.54, 1.807) is 5.32 Å². The molecule has 22 heavy (non-hydrogen) atoms. The Kier molecular flexibility index (Phi) is 5.98. The van der Waals surface area contributed by atoms with Crippen LogP contribution in [0.5, 0.6) is 5.75 Å². The van der Waals surface area contributed by atoms with E-state index >= 15 is 0 Å². The summed E-state index contributed by atoms with van der Waals surface area (Å²) in [7, 11) is 0. The molecule has 0 radical (unpaired) electrons. The number of benzene rings is 1. The standard InChI is InChI=1S/C12H10ClF4NO4/c13-7-3-6(14)1-2-9(7)22-5-10(19)18-8(11(20)21)4-12(15,16)17/h1-3,8H,4-5H2,(H,18,19)(H,20,21). The van der Waals surface area contributed by atoms with Crippen LogP contribution in [0.25, 0.3) is 0 Å². The van der Waals surface area contributed by atoms with Gasteiger partial charge in [-0.15, -0.1) is 0 Å². The Morgan fingerprint density at radius 2 is 2.00 bits per heavy atom. The normalized spacial score (nSPS) is 12.6. The number of amides is 1. The Balaban J connectivity index is 2.59. The molecule has 0 spiro atoms. The van der Waals surface area contributed by atoms with Gasteiger partial charge in [0, 0.05) is 0 Å². The Labute approximate surface area is 126 Å². The molecule has 0 bridgehead atoms. The van der Waals surface area contributed by atoms with Crippen molar-refractivity contribution in [1.82, 2.24) is 5.32 Å². The lowest BCUT2D eigenvalue weighted by atomic mass is 10.2. The first-order valence-corrected chi connectivity index (χ1v) is 6.13. The van der Waals surface area contributed by atoms with Crippen molar-refractivity contribution in [3.8, 4) is 5.75 Å². The van der Waals surface area contributed by atoms with Crippen LogP contribution in [0.2, 0.25) is 5.02 Å². The molecule has 0 aromatic heterocycles. The van der Waals surface area contributed by atoms with Crippen LogP contribution in [0.1, 0.15) is 6.42 Å². The fourth-order valence-electron chi connectivity index (χ4n) is 1.40. The molecule has 1 unspecified atom stereocenters. The van der Waals surface area contributed by atoms with Crippen molar-refractivity contribution in [2.24, 2.45) is 0 Å². The summed E-state index contributed by atoms with van der Waals surface area (Å²) in [4.78, 5) is 22.1. The molecule has 1 aromatic rings. The first kappa shape index (κ1) is 18.0. The Bertz CT molecular complexity index is 565. The lowest BCUT2D eigenvalue weighted by Gasteiger charge is -2.16. The second-order valence-corrected chi connectivity index (χ2v) is 4.55. The smallest absolute Gasteiger partial charge is 0.391 e. The first-order chi connectivity index (χ1) is 10.1. The van der Waals surface area contributed by atoms with Crippen molar-refractivity contribution in [2.45, 2.75) is 18.6 Å². The highest BCUT2D eigenvalue weighted by molar-refractivity contribution is 6.32. The van der Waals surface area contributed by atoms with E-state index in [-0.39, 0.29) is 10.8 Å². The molecule has 1 rings (SSSR count). The fraction of sp³-hybridized carbons (Fsp3) is 0.333. The van der Waals surface area contributed by atoms with Gasteiger partial charge in [-0.25, -0.2) is 9.18 Å². The molecule has 1 aromatic carbocycles. The van der Waals surface area contributed by atoms with E-state index < -0.39 is 42.9 Å². The Hall–Kier alpha value is -2.03. The van der Waals surface area contributed by atoms with E-state index in [2.05, 4.69) is 0 Å². The number of hydrogen-bond acceptors (Lipinski definition) is 3. The minimum Gasteiger partial charge on any atom is -0.482 e. The average molecular weight is 344 g/mol. The largest absolute Gasteiger partial charge is 0.482 e. The van der Waals surface area contributed by atoms with Gasteiger partial charge in [0.25, 0.3) is 5.91 Å². The number of carboxylic acids is 1.